The number of nitrogens with one attached hydrogen (secondary N) is 2. The number of piperazine rings is 1. The first-order valence-corrected chi connectivity index (χ1v) is 11.9. The Hall–Kier alpha value is -2.43. The van der Waals surface area contributed by atoms with Crippen molar-refractivity contribution in [3.05, 3.63) is 58.8 Å². The van der Waals surface area contributed by atoms with E-state index in [4.69, 9.17) is 0 Å². The van der Waals surface area contributed by atoms with E-state index in [9.17, 15) is 13.2 Å². The van der Waals surface area contributed by atoms with Crippen molar-refractivity contribution in [2.45, 2.75) is 11.3 Å². The predicted octanol–water partition coefficient (Wildman–Crippen LogP) is 2.58. The molecule has 2 aromatic carbocycles. The maximum absolute atomic E-state index is 12.8. The van der Waals surface area contributed by atoms with Crippen LogP contribution in [0.2, 0.25) is 0 Å². The number of aromatic amines is 1. The van der Waals surface area contributed by atoms with Gasteiger partial charge in [0.2, 0.25) is 10.0 Å². The van der Waals surface area contributed by atoms with Crippen LogP contribution in [0.25, 0.3) is 11.0 Å². The summed E-state index contributed by atoms with van der Waals surface area (Å²) >= 11 is 3.31. The number of H-pyrrole nitrogens is 1. The van der Waals surface area contributed by atoms with Crippen LogP contribution in [0.3, 0.4) is 0 Å². The van der Waals surface area contributed by atoms with Crippen LogP contribution in [-0.2, 0) is 16.4 Å². The van der Waals surface area contributed by atoms with E-state index < -0.39 is 10.0 Å². The largest absolute Gasteiger partial charge is 0.342 e. The second kappa shape index (κ2) is 8.75. The highest BCUT2D eigenvalue weighted by atomic mass is 79.9. The third kappa shape index (κ3) is 4.50. The summed E-state index contributed by atoms with van der Waals surface area (Å²) in [6.07, 6.45) is 0.596. The fourth-order valence-corrected chi connectivity index (χ4v) is 5.10. The highest BCUT2D eigenvalue weighted by Crippen LogP contribution is 2.20. The zero-order valence-corrected chi connectivity index (χ0v) is 18.6. The lowest BCUT2D eigenvalue weighted by molar-refractivity contribution is 0.172. The van der Waals surface area contributed by atoms with E-state index in [1.165, 1.54) is 4.31 Å². The second-order valence-corrected chi connectivity index (χ2v) is 9.88. The lowest BCUT2D eigenvalue weighted by Crippen LogP contribution is -2.53. The quantitative estimate of drug-likeness (QED) is 0.572. The SMILES string of the molecule is O=C(NCCc1nc2ccccc2[nH]1)N1CCN(S(=O)(=O)c2ccc(Br)cc2)CC1. The lowest BCUT2D eigenvalue weighted by Gasteiger charge is -2.34. The second-order valence-electron chi connectivity index (χ2n) is 7.03. The van der Waals surface area contributed by atoms with Gasteiger partial charge in [0, 0.05) is 43.6 Å². The van der Waals surface area contributed by atoms with Gasteiger partial charge in [-0.1, -0.05) is 28.1 Å². The number of carbonyl (C=O) groups excluding carboxylic acids is 1. The van der Waals surface area contributed by atoms with Gasteiger partial charge in [-0.3, -0.25) is 0 Å². The van der Waals surface area contributed by atoms with Crippen LogP contribution < -0.4 is 5.32 Å². The third-order valence-electron chi connectivity index (χ3n) is 5.05. The first-order chi connectivity index (χ1) is 14.4. The van der Waals surface area contributed by atoms with Crippen molar-refractivity contribution >= 4 is 43.0 Å². The zero-order valence-electron chi connectivity index (χ0n) is 16.2. The van der Waals surface area contributed by atoms with Crippen molar-refractivity contribution in [2.24, 2.45) is 0 Å². The fraction of sp³-hybridized carbons (Fsp3) is 0.300. The average Bonchev–Trinajstić information content (AvgIpc) is 3.17. The Bertz CT molecular complexity index is 1110. The molecule has 3 aromatic rings. The number of hydrogen-bond acceptors (Lipinski definition) is 4. The molecule has 30 heavy (non-hydrogen) atoms. The Labute approximate surface area is 183 Å². The standard InChI is InChI=1S/C20H22BrN5O3S/c21-15-5-7-16(8-6-15)30(28,29)26-13-11-25(12-14-26)20(27)22-10-9-19-23-17-3-1-2-4-18(17)24-19/h1-8H,9-14H2,(H,22,27)(H,23,24). The van der Waals surface area contributed by atoms with E-state index in [-0.39, 0.29) is 24.0 Å². The number of amides is 2. The number of carbonyl (C=O) groups is 1. The zero-order chi connectivity index (χ0) is 21.1. The van der Waals surface area contributed by atoms with Gasteiger partial charge < -0.3 is 15.2 Å². The molecule has 10 heteroatoms. The van der Waals surface area contributed by atoms with Gasteiger partial charge in [0.1, 0.15) is 5.82 Å². The monoisotopic (exact) mass is 491 g/mol. The molecule has 158 valence electrons. The molecule has 0 radical (unpaired) electrons. The minimum atomic E-state index is -3.55. The van der Waals surface area contributed by atoms with Crippen LogP contribution >= 0.6 is 15.9 Å². The van der Waals surface area contributed by atoms with E-state index in [1.54, 1.807) is 29.2 Å². The summed E-state index contributed by atoms with van der Waals surface area (Å²) in [6.45, 7) is 1.71. The number of benzene rings is 2. The number of fused-ring (bicyclic) bond motifs is 1. The maximum atomic E-state index is 12.8. The molecule has 1 saturated heterocycles. The van der Waals surface area contributed by atoms with Crippen LogP contribution in [0.4, 0.5) is 4.79 Å². The Morgan fingerprint density at radius 1 is 1.07 bits per heavy atom. The van der Waals surface area contributed by atoms with Crippen LogP contribution in [0, 0.1) is 0 Å². The molecule has 4 rings (SSSR count). The number of halogens is 1. The molecule has 0 spiro atoms. The molecule has 0 bridgehead atoms. The van der Waals surface area contributed by atoms with E-state index in [1.807, 2.05) is 24.3 Å². The Balaban J connectivity index is 1.27. The number of nitrogens with zero attached hydrogens (tertiary/aromatic N) is 3. The van der Waals surface area contributed by atoms with Gasteiger partial charge >= 0.3 is 6.03 Å². The molecule has 0 unspecified atom stereocenters. The summed E-state index contributed by atoms with van der Waals surface area (Å²) in [7, 11) is -3.55. The van der Waals surface area contributed by atoms with Crippen LogP contribution in [0.5, 0.6) is 0 Å². The molecule has 1 aliphatic heterocycles. The van der Waals surface area contributed by atoms with Crippen molar-refractivity contribution in [3.8, 4) is 0 Å². The van der Waals surface area contributed by atoms with E-state index in [0.29, 0.717) is 26.1 Å². The normalized spacial score (nSPS) is 15.4. The molecule has 0 atom stereocenters. The molecule has 2 N–H and O–H groups in total. The molecule has 2 heterocycles. The van der Waals surface area contributed by atoms with Crippen LogP contribution in [0.15, 0.2) is 57.9 Å². The number of rotatable bonds is 5. The Morgan fingerprint density at radius 3 is 2.47 bits per heavy atom. The summed E-state index contributed by atoms with van der Waals surface area (Å²) in [5.41, 5.74) is 1.88. The summed E-state index contributed by atoms with van der Waals surface area (Å²) in [4.78, 5) is 22.1. The van der Waals surface area contributed by atoms with Crippen molar-refractivity contribution in [1.29, 1.82) is 0 Å². The summed E-state index contributed by atoms with van der Waals surface area (Å²) in [5, 5.41) is 2.89. The maximum Gasteiger partial charge on any atom is 0.317 e. The number of hydrogen-bond donors (Lipinski definition) is 2. The number of imidazole rings is 1. The molecule has 1 fully saturated rings. The van der Waals surface area contributed by atoms with E-state index in [2.05, 4.69) is 31.2 Å². The number of sulfonamides is 1. The van der Waals surface area contributed by atoms with Crippen molar-refractivity contribution in [1.82, 2.24) is 24.5 Å². The molecule has 1 aliphatic rings. The summed E-state index contributed by atoms with van der Waals surface area (Å²) in [5.74, 6) is 0.821. The minimum Gasteiger partial charge on any atom is -0.342 e. The first kappa shape index (κ1) is 20.8. The van der Waals surface area contributed by atoms with Gasteiger partial charge in [-0.2, -0.15) is 4.31 Å². The van der Waals surface area contributed by atoms with Gasteiger partial charge in [0.05, 0.1) is 15.9 Å². The van der Waals surface area contributed by atoms with Crippen molar-refractivity contribution in [3.63, 3.8) is 0 Å². The molecule has 1 aromatic heterocycles. The smallest absolute Gasteiger partial charge is 0.317 e. The van der Waals surface area contributed by atoms with Gasteiger partial charge in [-0.15, -0.1) is 0 Å². The van der Waals surface area contributed by atoms with E-state index in [0.717, 1.165) is 21.3 Å². The molecule has 0 aliphatic carbocycles. The van der Waals surface area contributed by atoms with Crippen LogP contribution in [-0.4, -0.2) is 66.3 Å². The third-order valence-corrected chi connectivity index (χ3v) is 7.50. The van der Waals surface area contributed by atoms with Crippen LogP contribution in [0.1, 0.15) is 5.82 Å². The average molecular weight is 492 g/mol. The van der Waals surface area contributed by atoms with E-state index >= 15 is 0 Å². The highest BCUT2D eigenvalue weighted by molar-refractivity contribution is 9.10. The Kier molecular flexibility index (Phi) is 6.07. The van der Waals surface area contributed by atoms with Gasteiger partial charge in [-0.05, 0) is 36.4 Å². The van der Waals surface area contributed by atoms with Gasteiger partial charge in [0.25, 0.3) is 0 Å². The molecule has 8 nitrogen and oxygen atoms in total. The summed E-state index contributed by atoms with van der Waals surface area (Å²) < 4.78 is 27.8. The molecular weight excluding hydrogens is 470 g/mol. The molecule has 0 saturated carbocycles. The Morgan fingerprint density at radius 2 is 1.77 bits per heavy atom. The number of para-hydroxylation sites is 2. The molecule has 2 amide bonds. The molecular formula is C20H22BrN5O3S. The van der Waals surface area contributed by atoms with Gasteiger partial charge in [-0.25, -0.2) is 18.2 Å². The topological polar surface area (TPSA) is 98.4 Å². The van der Waals surface area contributed by atoms with Crippen molar-refractivity contribution in [2.75, 3.05) is 32.7 Å². The van der Waals surface area contributed by atoms with Crippen molar-refractivity contribution < 1.29 is 13.2 Å². The summed E-state index contributed by atoms with van der Waals surface area (Å²) in [6, 6.07) is 14.2. The minimum absolute atomic E-state index is 0.188. The number of aromatic nitrogens is 2. The lowest BCUT2D eigenvalue weighted by atomic mass is 10.3. The highest BCUT2D eigenvalue weighted by Gasteiger charge is 2.30. The number of urea groups is 1. The predicted molar refractivity (Wildman–Crippen MR) is 118 cm³/mol. The first-order valence-electron chi connectivity index (χ1n) is 9.65. The fourth-order valence-electron chi connectivity index (χ4n) is 3.41. The van der Waals surface area contributed by atoms with Gasteiger partial charge in [0.15, 0.2) is 0 Å².